The van der Waals surface area contributed by atoms with Crippen LogP contribution in [0.4, 0.5) is 5.13 Å². The topological polar surface area (TPSA) is 94.4 Å². The quantitative estimate of drug-likeness (QED) is 0.466. The molecule has 30 heavy (non-hydrogen) atoms. The molecule has 2 saturated heterocycles. The van der Waals surface area contributed by atoms with Gasteiger partial charge in [-0.1, -0.05) is 17.4 Å². The Bertz CT molecular complexity index is 1150. The monoisotopic (exact) mass is 421 g/mol. The number of aromatic amines is 1. The Balaban J connectivity index is 1.22. The second-order valence-corrected chi connectivity index (χ2v) is 9.30. The molecule has 2 unspecified atom stereocenters. The zero-order valence-electron chi connectivity index (χ0n) is 16.6. The molecule has 0 amide bonds. The molecule has 2 aliphatic rings. The zero-order chi connectivity index (χ0) is 20.2. The van der Waals surface area contributed by atoms with E-state index in [9.17, 15) is 5.11 Å². The molecule has 8 nitrogen and oxygen atoms in total. The molecule has 0 spiro atoms. The van der Waals surface area contributed by atoms with Crippen molar-refractivity contribution in [2.45, 2.75) is 43.8 Å². The molecule has 2 atom stereocenters. The fourth-order valence-electron chi connectivity index (χ4n) is 4.93. The number of H-pyrrole nitrogens is 1. The maximum atomic E-state index is 10.5. The van der Waals surface area contributed by atoms with Gasteiger partial charge in [0.25, 0.3) is 0 Å². The lowest BCUT2D eigenvalue weighted by atomic mass is 9.98. The first kappa shape index (κ1) is 17.9. The van der Waals surface area contributed by atoms with Gasteiger partial charge in [-0.05, 0) is 50.4 Å². The van der Waals surface area contributed by atoms with E-state index >= 15 is 0 Å². The number of phenols is 1. The molecule has 6 rings (SSSR count). The Morgan fingerprint density at radius 3 is 2.73 bits per heavy atom. The highest BCUT2D eigenvalue weighted by Gasteiger charge is 2.38. The minimum atomic E-state index is 0.194. The van der Waals surface area contributed by atoms with E-state index in [0.717, 1.165) is 21.2 Å². The first-order chi connectivity index (χ1) is 14.6. The summed E-state index contributed by atoms with van der Waals surface area (Å²) in [5.41, 5.74) is 3.25. The van der Waals surface area contributed by atoms with Crippen LogP contribution in [0.3, 0.4) is 0 Å². The van der Waals surface area contributed by atoms with E-state index in [0.29, 0.717) is 29.4 Å². The van der Waals surface area contributed by atoms with E-state index in [4.69, 9.17) is 4.98 Å². The molecule has 2 fully saturated rings. The number of fused-ring (bicyclic) bond motifs is 3. The summed E-state index contributed by atoms with van der Waals surface area (Å²) in [5.74, 6) is 0.194. The third-order valence-electron chi connectivity index (χ3n) is 6.57. The van der Waals surface area contributed by atoms with Crippen LogP contribution in [0.25, 0.3) is 27.3 Å². The van der Waals surface area contributed by atoms with Gasteiger partial charge in [0, 0.05) is 35.4 Å². The molecule has 4 aromatic rings. The molecule has 3 aromatic heterocycles. The lowest BCUT2D eigenvalue weighted by molar-refractivity contribution is 0.169. The molecule has 2 bridgehead atoms. The number of aromatic hydroxyl groups is 1. The first-order valence-corrected chi connectivity index (χ1v) is 11.1. The Hall–Kier alpha value is -2.91. The number of hydrogen-bond acceptors (Lipinski definition) is 7. The normalized spacial score (nSPS) is 24.0. The van der Waals surface area contributed by atoms with Gasteiger partial charge in [-0.3, -0.25) is 5.10 Å². The summed E-state index contributed by atoms with van der Waals surface area (Å²) in [6, 6.07) is 7.46. The van der Waals surface area contributed by atoms with Crippen LogP contribution >= 0.6 is 11.3 Å². The molecule has 9 heteroatoms. The molecule has 0 saturated carbocycles. The van der Waals surface area contributed by atoms with Gasteiger partial charge in [0.15, 0.2) is 0 Å². The van der Waals surface area contributed by atoms with Crippen LogP contribution in [-0.2, 0) is 0 Å². The van der Waals surface area contributed by atoms with E-state index in [-0.39, 0.29) is 5.75 Å². The van der Waals surface area contributed by atoms with E-state index in [1.165, 1.54) is 25.7 Å². The highest BCUT2D eigenvalue weighted by atomic mass is 32.1. The summed E-state index contributed by atoms with van der Waals surface area (Å²) in [7, 11) is 2.26. The van der Waals surface area contributed by atoms with Crippen molar-refractivity contribution in [2.24, 2.45) is 0 Å². The van der Waals surface area contributed by atoms with Crippen molar-refractivity contribution in [1.29, 1.82) is 0 Å². The lowest BCUT2D eigenvalue weighted by Crippen LogP contribution is -2.44. The fraction of sp³-hybridized carbons (Fsp3) is 0.381. The number of nitrogens with zero attached hydrogens (tertiary/aromatic N) is 5. The number of aromatic nitrogens is 5. The van der Waals surface area contributed by atoms with E-state index in [1.807, 2.05) is 18.3 Å². The molecule has 154 valence electrons. The van der Waals surface area contributed by atoms with Crippen LogP contribution in [-0.4, -0.2) is 60.0 Å². The first-order valence-electron chi connectivity index (χ1n) is 10.3. The number of imidazole rings is 1. The number of benzene rings is 1. The smallest absolute Gasteiger partial charge is 0.214 e. The van der Waals surface area contributed by atoms with Crippen LogP contribution in [0, 0.1) is 0 Å². The minimum Gasteiger partial charge on any atom is -0.507 e. The van der Waals surface area contributed by atoms with Gasteiger partial charge in [-0.15, -0.1) is 5.10 Å². The third-order valence-corrected chi connectivity index (χ3v) is 7.43. The van der Waals surface area contributed by atoms with Crippen molar-refractivity contribution in [3.63, 3.8) is 0 Å². The molecule has 0 aliphatic carbocycles. The minimum absolute atomic E-state index is 0.194. The van der Waals surface area contributed by atoms with E-state index in [2.05, 4.69) is 32.6 Å². The SMILES string of the molecule is CN1C2CCC1CC(Nc1nn3cc(-c4ccc(-c5cn[nH]c5)cc4O)nc3s1)C2. The van der Waals surface area contributed by atoms with Crippen LogP contribution in [0.15, 0.2) is 36.8 Å². The van der Waals surface area contributed by atoms with Crippen LogP contribution in [0.5, 0.6) is 5.75 Å². The van der Waals surface area contributed by atoms with Gasteiger partial charge in [-0.2, -0.15) is 5.10 Å². The fourth-order valence-corrected chi connectivity index (χ4v) is 5.79. The Labute approximate surface area is 177 Å². The number of anilines is 1. The standard InChI is InChI=1S/C21H23N7OS/c1-27-15-3-4-16(27)8-14(7-15)24-20-26-28-11-18(25-21(28)30-20)17-5-2-12(6-19(17)29)13-9-22-23-10-13/h2,5-6,9-11,14-16,29H,3-4,7-8H2,1H3,(H,22,23)(H,24,26). The van der Waals surface area contributed by atoms with Crippen LogP contribution < -0.4 is 5.32 Å². The molecule has 1 aromatic carbocycles. The Kier molecular flexibility index (Phi) is 4.07. The van der Waals surface area contributed by atoms with Gasteiger partial charge in [0.2, 0.25) is 10.1 Å². The summed E-state index contributed by atoms with van der Waals surface area (Å²) < 4.78 is 1.80. The molecular formula is C21H23N7OS. The van der Waals surface area contributed by atoms with Crippen LogP contribution in [0.1, 0.15) is 25.7 Å². The number of piperidine rings is 1. The Morgan fingerprint density at radius 2 is 2.03 bits per heavy atom. The molecule has 5 heterocycles. The summed E-state index contributed by atoms with van der Waals surface area (Å²) in [6.07, 6.45) is 10.4. The van der Waals surface area contributed by atoms with Crippen molar-refractivity contribution >= 4 is 21.4 Å². The van der Waals surface area contributed by atoms with Gasteiger partial charge in [0.05, 0.1) is 18.1 Å². The summed E-state index contributed by atoms with van der Waals surface area (Å²) in [6.45, 7) is 0. The van der Waals surface area contributed by atoms with Crippen molar-refractivity contribution in [1.82, 2.24) is 29.7 Å². The van der Waals surface area contributed by atoms with Crippen molar-refractivity contribution < 1.29 is 5.11 Å². The van der Waals surface area contributed by atoms with Crippen LogP contribution in [0.2, 0.25) is 0 Å². The van der Waals surface area contributed by atoms with Gasteiger partial charge in [0.1, 0.15) is 5.75 Å². The highest BCUT2D eigenvalue weighted by molar-refractivity contribution is 7.20. The lowest BCUT2D eigenvalue weighted by Gasteiger charge is -2.36. The predicted molar refractivity (Wildman–Crippen MR) is 117 cm³/mol. The molecule has 0 radical (unpaired) electrons. The second kappa shape index (κ2) is 6.82. The van der Waals surface area contributed by atoms with Crippen molar-refractivity contribution in [3.8, 4) is 28.1 Å². The van der Waals surface area contributed by atoms with E-state index in [1.54, 1.807) is 34.3 Å². The maximum absolute atomic E-state index is 10.5. The molecule has 2 aliphatic heterocycles. The van der Waals surface area contributed by atoms with E-state index < -0.39 is 0 Å². The summed E-state index contributed by atoms with van der Waals surface area (Å²) in [5, 5.41) is 26.5. The third kappa shape index (κ3) is 2.96. The highest BCUT2D eigenvalue weighted by Crippen LogP contribution is 2.37. The second-order valence-electron chi connectivity index (χ2n) is 8.34. The Morgan fingerprint density at radius 1 is 1.20 bits per heavy atom. The number of hydrogen-bond donors (Lipinski definition) is 3. The average molecular weight is 422 g/mol. The average Bonchev–Trinajstić information content (AvgIpc) is 3.47. The van der Waals surface area contributed by atoms with Gasteiger partial charge >= 0.3 is 0 Å². The van der Waals surface area contributed by atoms with Crippen molar-refractivity contribution in [2.75, 3.05) is 12.4 Å². The zero-order valence-corrected chi connectivity index (χ0v) is 17.4. The molecule has 3 N–H and O–H groups in total. The number of phenolic OH excluding ortho intramolecular Hbond substituents is 1. The predicted octanol–water partition coefficient (Wildman–Crippen LogP) is 3.59. The number of nitrogens with one attached hydrogen (secondary N) is 2. The maximum Gasteiger partial charge on any atom is 0.214 e. The molecular weight excluding hydrogens is 398 g/mol. The van der Waals surface area contributed by atoms with Gasteiger partial charge < -0.3 is 15.3 Å². The summed E-state index contributed by atoms with van der Waals surface area (Å²) in [4.78, 5) is 8.06. The van der Waals surface area contributed by atoms with Gasteiger partial charge in [-0.25, -0.2) is 9.50 Å². The summed E-state index contributed by atoms with van der Waals surface area (Å²) >= 11 is 1.56. The number of rotatable bonds is 4. The van der Waals surface area contributed by atoms with Crippen molar-refractivity contribution in [3.05, 3.63) is 36.8 Å². The largest absolute Gasteiger partial charge is 0.507 e.